The number of nitrogens with zero attached hydrogens (tertiary/aromatic N) is 3. The maximum Gasteiger partial charge on any atom is 0.255 e. The lowest BCUT2D eigenvalue weighted by atomic mass is 10.0. The third kappa shape index (κ3) is 5.08. The Bertz CT molecular complexity index is 967. The molecule has 0 unspecified atom stereocenters. The lowest BCUT2D eigenvalue weighted by molar-refractivity contribution is 0.0948. The van der Waals surface area contributed by atoms with Gasteiger partial charge in [-0.2, -0.15) is 5.10 Å². The smallest absolute Gasteiger partial charge is 0.255 e. The van der Waals surface area contributed by atoms with Crippen LogP contribution in [0.1, 0.15) is 15.9 Å². The van der Waals surface area contributed by atoms with Gasteiger partial charge in [-0.3, -0.25) is 9.69 Å². The van der Waals surface area contributed by atoms with Crippen molar-refractivity contribution < 1.29 is 4.79 Å². The molecule has 1 aromatic heterocycles. The summed E-state index contributed by atoms with van der Waals surface area (Å²) in [5.41, 5.74) is 4.33. The van der Waals surface area contributed by atoms with Crippen molar-refractivity contribution in [1.29, 1.82) is 0 Å². The Hall–Kier alpha value is -2.67. The number of aromatic nitrogens is 2. The molecular weight excluding hydrogens is 398 g/mol. The minimum Gasteiger partial charge on any atom is -0.351 e. The maximum atomic E-state index is 13.0. The number of rotatable bonds is 6. The first kappa shape index (κ1) is 22.0. The van der Waals surface area contributed by atoms with Gasteiger partial charge in [-0.1, -0.05) is 42.5 Å². The van der Waals surface area contributed by atoms with Gasteiger partial charge in [-0.05, 0) is 24.6 Å². The summed E-state index contributed by atoms with van der Waals surface area (Å²) in [5, 5.41) is 11.2. The van der Waals surface area contributed by atoms with Crippen LogP contribution in [0, 0.1) is 6.92 Å². The molecule has 2 heterocycles. The SMILES string of the molecule is Cc1ccccc1-c1nn(-c2ccccc2)cc1C(=O)NCCN1CCNCC1.Cl. The molecule has 1 fully saturated rings. The van der Waals surface area contributed by atoms with E-state index in [0.717, 1.165) is 49.5 Å². The van der Waals surface area contributed by atoms with E-state index in [1.165, 1.54) is 0 Å². The first-order valence-electron chi connectivity index (χ1n) is 10.1. The van der Waals surface area contributed by atoms with Crippen LogP contribution < -0.4 is 10.6 Å². The first-order chi connectivity index (χ1) is 14.2. The molecule has 7 heteroatoms. The standard InChI is InChI=1S/C23H27N5O.ClH/c1-18-7-5-6-10-20(18)22-21(17-28(26-22)19-8-3-2-4-9-19)23(29)25-13-16-27-14-11-24-12-15-27;/h2-10,17,24H,11-16H2,1H3,(H,25,29);1H. The molecule has 0 radical (unpaired) electrons. The Morgan fingerprint density at radius 3 is 2.50 bits per heavy atom. The van der Waals surface area contributed by atoms with Gasteiger partial charge in [0.15, 0.2) is 0 Å². The molecule has 3 aromatic rings. The number of carbonyl (C=O) groups is 1. The molecule has 1 aliphatic heterocycles. The maximum absolute atomic E-state index is 13.0. The van der Waals surface area contributed by atoms with Crippen LogP contribution in [-0.4, -0.2) is 59.9 Å². The minimum atomic E-state index is -0.0828. The van der Waals surface area contributed by atoms with Crippen LogP contribution >= 0.6 is 12.4 Å². The van der Waals surface area contributed by atoms with E-state index < -0.39 is 0 Å². The minimum absolute atomic E-state index is 0. The van der Waals surface area contributed by atoms with Gasteiger partial charge in [0.1, 0.15) is 5.69 Å². The highest BCUT2D eigenvalue weighted by molar-refractivity contribution is 6.00. The van der Waals surface area contributed by atoms with E-state index in [1.807, 2.05) is 67.7 Å². The molecular formula is C23H28ClN5O. The number of benzene rings is 2. The normalized spacial score (nSPS) is 14.2. The molecule has 1 amide bonds. The third-order valence-electron chi connectivity index (χ3n) is 5.30. The predicted octanol–water partition coefficient (Wildman–Crippen LogP) is 2.90. The molecule has 1 saturated heterocycles. The Morgan fingerprint density at radius 2 is 1.77 bits per heavy atom. The highest BCUT2D eigenvalue weighted by Gasteiger charge is 2.20. The van der Waals surface area contributed by atoms with Crippen molar-refractivity contribution in [1.82, 2.24) is 25.3 Å². The predicted molar refractivity (Wildman–Crippen MR) is 123 cm³/mol. The topological polar surface area (TPSA) is 62.2 Å². The average Bonchev–Trinajstić information content (AvgIpc) is 3.21. The Morgan fingerprint density at radius 1 is 1.07 bits per heavy atom. The van der Waals surface area contributed by atoms with Gasteiger partial charge in [-0.25, -0.2) is 4.68 Å². The Balaban J connectivity index is 0.00000256. The lowest BCUT2D eigenvalue weighted by Gasteiger charge is -2.27. The van der Waals surface area contributed by atoms with Crippen molar-refractivity contribution in [2.45, 2.75) is 6.92 Å². The van der Waals surface area contributed by atoms with Crippen molar-refractivity contribution in [3.63, 3.8) is 0 Å². The Kier molecular flexibility index (Phi) is 7.63. The van der Waals surface area contributed by atoms with Gasteiger partial charge in [0, 0.05) is 51.0 Å². The molecule has 0 spiro atoms. The zero-order valence-electron chi connectivity index (χ0n) is 17.2. The number of nitrogens with one attached hydrogen (secondary N) is 2. The van der Waals surface area contributed by atoms with Crippen LogP contribution in [0.4, 0.5) is 0 Å². The van der Waals surface area contributed by atoms with Crippen LogP contribution in [0.25, 0.3) is 16.9 Å². The molecule has 0 bridgehead atoms. The van der Waals surface area contributed by atoms with E-state index in [2.05, 4.69) is 15.5 Å². The first-order valence-corrected chi connectivity index (χ1v) is 10.1. The molecule has 0 aliphatic carbocycles. The van der Waals surface area contributed by atoms with Gasteiger partial charge in [0.2, 0.25) is 0 Å². The summed E-state index contributed by atoms with van der Waals surface area (Å²) in [5.74, 6) is -0.0828. The van der Waals surface area contributed by atoms with Crippen LogP contribution in [0.15, 0.2) is 60.8 Å². The average molecular weight is 426 g/mol. The van der Waals surface area contributed by atoms with Gasteiger partial charge in [0.25, 0.3) is 5.91 Å². The summed E-state index contributed by atoms with van der Waals surface area (Å²) in [7, 11) is 0. The van der Waals surface area contributed by atoms with Gasteiger partial charge >= 0.3 is 0 Å². The second kappa shape index (κ2) is 10.4. The van der Waals surface area contributed by atoms with Crippen LogP contribution in [-0.2, 0) is 0 Å². The van der Waals surface area contributed by atoms with Crippen molar-refractivity contribution in [2.24, 2.45) is 0 Å². The fraction of sp³-hybridized carbons (Fsp3) is 0.304. The van der Waals surface area contributed by atoms with E-state index >= 15 is 0 Å². The van der Waals surface area contributed by atoms with E-state index in [1.54, 1.807) is 4.68 Å². The van der Waals surface area contributed by atoms with Gasteiger partial charge in [0.05, 0.1) is 11.3 Å². The second-order valence-electron chi connectivity index (χ2n) is 7.33. The van der Waals surface area contributed by atoms with Crippen LogP contribution in [0.3, 0.4) is 0 Å². The van der Waals surface area contributed by atoms with Crippen LogP contribution in [0.5, 0.6) is 0 Å². The number of hydrogen-bond acceptors (Lipinski definition) is 4. The summed E-state index contributed by atoms with van der Waals surface area (Å²) in [6.45, 7) is 7.60. The van der Waals surface area contributed by atoms with E-state index in [4.69, 9.17) is 5.10 Å². The monoisotopic (exact) mass is 425 g/mol. The van der Waals surface area contributed by atoms with Gasteiger partial charge < -0.3 is 10.6 Å². The lowest BCUT2D eigenvalue weighted by Crippen LogP contribution is -2.46. The summed E-state index contributed by atoms with van der Waals surface area (Å²) >= 11 is 0. The molecule has 1 aliphatic rings. The fourth-order valence-electron chi connectivity index (χ4n) is 3.65. The highest BCUT2D eigenvalue weighted by atomic mass is 35.5. The number of amides is 1. The number of halogens is 1. The van der Waals surface area contributed by atoms with Crippen LogP contribution in [0.2, 0.25) is 0 Å². The quantitative estimate of drug-likeness (QED) is 0.637. The van der Waals surface area contributed by atoms with Gasteiger partial charge in [-0.15, -0.1) is 12.4 Å². The number of hydrogen-bond donors (Lipinski definition) is 2. The zero-order valence-corrected chi connectivity index (χ0v) is 18.0. The van der Waals surface area contributed by atoms with Crippen molar-refractivity contribution >= 4 is 18.3 Å². The fourth-order valence-corrected chi connectivity index (χ4v) is 3.65. The summed E-state index contributed by atoms with van der Waals surface area (Å²) in [6, 6.07) is 17.9. The van der Waals surface area contributed by atoms with E-state index in [9.17, 15) is 4.79 Å². The number of para-hydroxylation sites is 1. The number of carbonyl (C=O) groups excluding carboxylic acids is 1. The molecule has 30 heavy (non-hydrogen) atoms. The summed E-state index contributed by atoms with van der Waals surface area (Å²) in [4.78, 5) is 15.4. The highest BCUT2D eigenvalue weighted by Crippen LogP contribution is 2.26. The molecule has 2 aromatic carbocycles. The number of piperazine rings is 1. The second-order valence-corrected chi connectivity index (χ2v) is 7.33. The molecule has 2 N–H and O–H groups in total. The van der Waals surface area contributed by atoms with Crippen molar-refractivity contribution in [2.75, 3.05) is 39.3 Å². The van der Waals surface area contributed by atoms with Crippen molar-refractivity contribution in [3.05, 3.63) is 71.9 Å². The molecule has 0 atom stereocenters. The third-order valence-corrected chi connectivity index (χ3v) is 5.30. The molecule has 4 rings (SSSR count). The summed E-state index contributed by atoms with van der Waals surface area (Å²) in [6.07, 6.45) is 1.83. The Labute approximate surface area is 183 Å². The molecule has 158 valence electrons. The van der Waals surface area contributed by atoms with E-state index in [0.29, 0.717) is 17.8 Å². The zero-order chi connectivity index (χ0) is 20.1. The molecule has 0 saturated carbocycles. The van der Waals surface area contributed by atoms with Crippen molar-refractivity contribution in [3.8, 4) is 16.9 Å². The molecule has 6 nitrogen and oxygen atoms in total. The number of aryl methyl sites for hydroxylation is 1. The van der Waals surface area contributed by atoms with E-state index in [-0.39, 0.29) is 18.3 Å². The largest absolute Gasteiger partial charge is 0.351 e. The summed E-state index contributed by atoms with van der Waals surface area (Å²) < 4.78 is 1.78.